The molecule has 0 N–H and O–H groups in total. The Balaban J connectivity index is 2.95. The standard InChI is InChI=1S/C11H15Cl2NOS/c1-7(2)14(5-4-12)11(15)10-9(13)8(3)6-16-10/h6-7H,4-5H2,1-3H3. The minimum atomic E-state index is -0.0289. The molecule has 5 heteroatoms. The average Bonchev–Trinajstić information content (AvgIpc) is 2.55. The predicted octanol–water partition coefficient (Wildman–Crippen LogP) is 3.80. The Morgan fingerprint density at radius 1 is 1.56 bits per heavy atom. The van der Waals surface area contributed by atoms with Gasteiger partial charge in [0.1, 0.15) is 4.88 Å². The number of halogens is 2. The van der Waals surface area contributed by atoms with E-state index in [1.54, 1.807) is 4.90 Å². The highest BCUT2D eigenvalue weighted by atomic mass is 35.5. The van der Waals surface area contributed by atoms with E-state index in [1.807, 2.05) is 26.2 Å². The van der Waals surface area contributed by atoms with E-state index in [0.717, 1.165) is 5.56 Å². The summed E-state index contributed by atoms with van der Waals surface area (Å²) >= 11 is 13.2. The molecule has 0 spiro atoms. The van der Waals surface area contributed by atoms with Crippen LogP contribution in [0.2, 0.25) is 5.02 Å². The molecule has 0 radical (unpaired) electrons. The van der Waals surface area contributed by atoms with Crippen LogP contribution < -0.4 is 0 Å². The molecule has 90 valence electrons. The SMILES string of the molecule is Cc1csc(C(=O)N(CCCl)C(C)C)c1Cl. The lowest BCUT2D eigenvalue weighted by Crippen LogP contribution is -2.38. The zero-order valence-electron chi connectivity index (χ0n) is 9.59. The van der Waals surface area contributed by atoms with Gasteiger partial charge in [-0.05, 0) is 31.7 Å². The highest BCUT2D eigenvalue weighted by Gasteiger charge is 2.22. The molecule has 1 aromatic heterocycles. The van der Waals surface area contributed by atoms with E-state index in [2.05, 4.69) is 0 Å². The van der Waals surface area contributed by atoms with E-state index in [1.165, 1.54) is 11.3 Å². The Morgan fingerprint density at radius 2 is 2.19 bits per heavy atom. The maximum absolute atomic E-state index is 12.2. The Labute approximate surface area is 110 Å². The van der Waals surface area contributed by atoms with Crippen molar-refractivity contribution in [2.75, 3.05) is 12.4 Å². The van der Waals surface area contributed by atoms with Gasteiger partial charge in [0.15, 0.2) is 0 Å². The van der Waals surface area contributed by atoms with Crippen molar-refractivity contribution in [2.24, 2.45) is 0 Å². The first-order valence-corrected chi connectivity index (χ1v) is 6.88. The van der Waals surface area contributed by atoms with E-state index in [0.29, 0.717) is 22.3 Å². The van der Waals surface area contributed by atoms with Crippen LogP contribution in [0.3, 0.4) is 0 Å². The number of hydrogen-bond donors (Lipinski definition) is 0. The maximum Gasteiger partial charge on any atom is 0.265 e. The van der Waals surface area contributed by atoms with E-state index in [4.69, 9.17) is 23.2 Å². The molecular weight excluding hydrogens is 265 g/mol. The lowest BCUT2D eigenvalue weighted by Gasteiger charge is -2.25. The van der Waals surface area contributed by atoms with E-state index < -0.39 is 0 Å². The number of amides is 1. The van der Waals surface area contributed by atoms with Crippen LogP contribution in [-0.4, -0.2) is 29.3 Å². The van der Waals surface area contributed by atoms with Crippen LogP contribution in [0.1, 0.15) is 29.1 Å². The molecule has 0 atom stereocenters. The van der Waals surface area contributed by atoms with E-state index >= 15 is 0 Å². The molecule has 0 aliphatic heterocycles. The molecule has 0 saturated carbocycles. The summed E-state index contributed by atoms with van der Waals surface area (Å²) < 4.78 is 0. The van der Waals surface area contributed by atoms with Crippen molar-refractivity contribution in [3.63, 3.8) is 0 Å². The van der Waals surface area contributed by atoms with Crippen molar-refractivity contribution < 1.29 is 4.79 Å². The number of aryl methyl sites for hydroxylation is 1. The fourth-order valence-electron chi connectivity index (χ4n) is 1.39. The Kier molecular flexibility index (Phi) is 5.09. The van der Waals surface area contributed by atoms with Gasteiger partial charge in [-0.1, -0.05) is 11.6 Å². The van der Waals surface area contributed by atoms with Gasteiger partial charge < -0.3 is 4.90 Å². The van der Waals surface area contributed by atoms with Gasteiger partial charge in [-0.3, -0.25) is 4.79 Å². The first-order chi connectivity index (χ1) is 7.49. The van der Waals surface area contributed by atoms with Crippen molar-refractivity contribution in [3.05, 3.63) is 20.8 Å². The lowest BCUT2D eigenvalue weighted by atomic mass is 10.2. The zero-order valence-corrected chi connectivity index (χ0v) is 11.9. The second-order valence-corrected chi connectivity index (χ2v) is 5.48. The molecule has 1 aromatic rings. The summed E-state index contributed by atoms with van der Waals surface area (Å²) in [6.45, 7) is 6.39. The third kappa shape index (κ3) is 2.90. The number of thiophene rings is 1. The van der Waals surface area contributed by atoms with Crippen molar-refractivity contribution in [3.8, 4) is 0 Å². The van der Waals surface area contributed by atoms with Crippen LogP contribution in [0.15, 0.2) is 5.38 Å². The minimum Gasteiger partial charge on any atom is -0.334 e. The average molecular weight is 280 g/mol. The Morgan fingerprint density at radius 3 is 2.56 bits per heavy atom. The fraction of sp³-hybridized carbons (Fsp3) is 0.545. The summed E-state index contributed by atoms with van der Waals surface area (Å²) in [5.74, 6) is 0.407. The van der Waals surface area contributed by atoms with Gasteiger partial charge in [0, 0.05) is 18.5 Å². The van der Waals surface area contributed by atoms with Crippen LogP contribution >= 0.6 is 34.5 Å². The van der Waals surface area contributed by atoms with Crippen molar-refractivity contribution in [1.82, 2.24) is 4.90 Å². The van der Waals surface area contributed by atoms with Gasteiger partial charge in [-0.25, -0.2) is 0 Å². The summed E-state index contributed by atoms with van der Waals surface area (Å²) in [6.07, 6.45) is 0. The molecule has 0 aromatic carbocycles. The Bertz CT molecular complexity index is 376. The first kappa shape index (κ1) is 13.8. The molecule has 0 unspecified atom stereocenters. The van der Waals surface area contributed by atoms with Crippen LogP contribution in [0.25, 0.3) is 0 Å². The van der Waals surface area contributed by atoms with Crippen LogP contribution in [0, 0.1) is 6.92 Å². The predicted molar refractivity (Wildman–Crippen MR) is 71.0 cm³/mol. The second-order valence-electron chi connectivity index (χ2n) is 3.84. The molecule has 1 heterocycles. The molecule has 16 heavy (non-hydrogen) atoms. The summed E-state index contributed by atoms with van der Waals surface area (Å²) in [7, 11) is 0. The molecule has 0 fully saturated rings. The number of alkyl halides is 1. The molecule has 0 saturated heterocycles. The van der Waals surface area contributed by atoms with Crippen LogP contribution in [0.5, 0.6) is 0 Å². The number of nitrogens with zero attached hydrogens (tertiary/aromatic N) is 1. The topological polar surface area (TPSA) is 20.3 Å². The van der Waals surface area contributed by atoms with Crippen molar-refractivity contribution in [1.29, 1.82) is 0 Å². The number of hydrogen-bond acceptors (Lipinski definition) is 2. The number of carbonyl (C=O) groups is 1. The Hall–Kier alpha value is -0.250. The lowest BCUT2D eigenvalue weighted by molar-refractivity contribution is 0.0723. The largest absolute Gasteiger partial charge is 0.334 e. The van der Waals surface area contributed by atoms with Gasteiger partial charge in [0.2, 0.25) is 0 Å². The van der Waals surface area contributed by atoms with Gasteiger partial charge in [-0.2, -0.15) is 0 Å². The normalized spacial score (nSPS) is 10.9. The first-order valence-electron chi connectivity index (χ1n) is 5.09. The molecule has 1 amide bonds. The quantitative estimate of drug-likeness (QED) is 0.768. The maximum atomic E-state index is 12.2. The molecule has 1 rings (SSSR count). The third-order valence-electron chi connectivity index (χ3n) is 2.30. The molecule has 0 aliphatic rings. The molecular formula is C11H15Cl2NOS. The highest BCUT2D eigenvalue weighted by Crippen LogP contribution is 2.28. The smallest absolute Gasteiger partial charge is 0.265 e. The monoisotopic (exact) mass is 279 g/mol. The van der Waals surface area contributed by atoms with Gasteiger partial charge >= 0.3 is 0 Å². The zero-order chi connectivity index (χ0) is 12.3. The summed E-state index contributed by atoms with van der Waals surface area (Å²) in [6, 6.07) is 0.129. The molecule has 2 nitrogen and oxygen atoms in total. The third-order valence-corrected chi connectivity index (χ3v) is 4.16. The summed E-state index contributed by atoms with van der Waals surface area (Å²) in [5, 5.41) is 2.46. The fourth-order valence-corrected chi connectivity index (χ4v) is 2.80. The van der Waals surface area contributed by atoms with Crippen LogP contribution in [-0.2, 0) is 0 Å². The minimum absolute atomic E-state index is 0.0289. The second kappa shape index (κ2) is 5.89. The van der Waals surface area contributed by atoms with Crippen molar-refractivity contribution >= 4 is 40.4 Å². The van der Waals surface area contributed by atoms with Gasteiger partial charge in [-0.15, -0.1) is 22.9 Å². The molecule has 0 aliphatic carbocycles. The number of rotatable bonds is 4. The van der Waals surface area contributed by atoms with Gasteiger partial charge in [0.05, 0.1) is 5.02 Å². The molecule has 0 bridgehead atoms. The van der Waals surface area contributed by atoms with Gasteiger partial charge in [0.25, 0.3) is 5.91 Å². The van der Waals surface area contributed by atoms with Crippen LogP contribution in [0.4, 0.5) is 0 Å². The highest BCUT2D eigenvalue weighted by molar-refractivity contribution is 7.13. The van der Waals surface area contributed by atoms with Crippen molar-refractivity contribution in [2.45, 2.75) is 26.8 Å². The van der Waals surface area contributed by atoms with E-state index in [9.17, 15) is 4.79 Å². The van der Waals surface area contributed by atoms with E-state index in [-0.39, 0.29) is 11.9 Å². The number of carbonyl (C=O) groups excluding carboxylic acids is 1. The summed E-state index contributed by atoms with van der Waals surface area (Å²) in [4.78, 5) is 14.6. The summed E-state index contributed by atoms with van der Waals surface area (Å²) in [5.41, 5.74) is 0.949.